The van der Waals surface area contributed by atoms with Crippen LogP contribution in [-0.2, 0) is 24.1 Å². The zero-order chi connectivity index (χ0) is 17.2. The van der Waals surface area contributed by atoms with E-state index >= 15 is 0 Å². The van der Waals surface area contributed by atoms with Gasteiger partial charge in [0.25, 0.3) is 0 Å². The van der Waals surface area contributed by atoms with E-state index < -0.39 is 0 Å². The molecule has 25 heavy (non-hydrogen) atoms. The van der Waals surface area contributed by atoms with Crippen LogP contribution in [0.1, 0.15) is 17.7 Å². The van der Waals surface area contributed by atoms with Gasteiger partial charge in [-0.2, -0.15) is 0 Å². The molecule has 1 aliphatic heterocycles. The summed E-state index contributed by atoms with van der Waals surface area (Å²) >= 11 is 0. The number of aryl methyl sites for hydroxylation is 1. The molecule has 136 valence electrons. The number of aliphatic hydroxyl groups is 1. The van der Waals surface area contributed by atoms with Gasteiger partial charge in [0.15, 0.2) is 0 Å². The van der Waals surface area contributed by atoms with Crippen molar-refractivity contribution < 1.29 is 14.6 Å². The Labute approximate surface area is 149 Å². The predicted octanol–water partition coefficient (Wildman–Crippen LogP) is 2.08. The summed E-state index contributed by atoms with van der Waals surface area (Å²) in [5, 5.41) is 10.9. The van der Waals surface area contributed by atoms with Gasteiger partial charge in [-0.1, -0.05) is 0 Å². The number of aliphatic hydroxyl groups excluding tert-OH is 1. The third kappa shape index (κ3) is 3.28. The molecule has 2 aliphatic rings. The summed E-state index contributed by atoms with van der Waals surface area (Å²) in [6.45, 7) is 5.84. The van der Waals surface area contributed by atoms with E-state index in [9.17, 15) is 5.11 Å². The Hall–Kier alpha value is -1.56. The number of rotatable bonds is 5. The average molecular weight is 344 g/mol. The summed E-state index contributed by atoms with van der Waals surface area (Å²) < 4.78 is 13.2. The van der Waals surface area contributed by atoms with Gasteiger partial charge in [-0.25, -0.2) is 0 Å². The summed E-state index contributed by atoms with van der Waals surface area (Å²) in [6, 6.07) is 6.32. The standard InChI is InChI=1S/C20H28N2O3/c1-24-16-3-5-19-18(13-16)17-4-2-15(12-20(17)22(19)6-9-23)14-21-7-10-25-11-8-21/h3,5,13,15,23H,2,4,6-12,14H2,1H3. The molecule has 0 amide bonds. The smallest absolute Gasteiger partial charge is 0.119 e. The van der Waals surface area contributed by atoms with Crippen molar-refractivity contribution in [3.8, 4) is 5.75 Å². The molecule has 0 spiro atoms. The first-order valence-electron chi connectivity index (χ1n) is 9.39. The van der Waals surface area contributed by atoms with E-state index in [0.717, 1.165) is 51.4 Å². The highest BCUT2D eigenvalue weighted by Crippen LogP contribution is 2.36. The molecule has 5 heteroatoms. The van der Waals surface area contributed by atoms with Crippen molar-refractivity contribution in [2.24, 2.45) is 5.92 Å². The maximum Gasteiger partial charge on any atom is 0.119 e. The Morgan fingerprint density at radius 1 is 1.28 bits per heavy atom. The highest BCUT2D eigenvalue weighted by molar-refractivity contribution is 5.87. The Morgan fingerprint density at radius 3 is 2.88 bits per heavy atom. The summed E-state index contributed by atoms with van der Waals surface area (Å²) in [4.78, 5) is 2.54. The van der Waals surface area contributed by atoms with Gasteiger partial charge in [-0.15, -0.1) is 0 Å². The summed E-state index contributed by atoms with van der Waals surface area (Å²) in [5.74, 6) is 1.60. The molecule has 0 saturated carbocycles. The van der Waals surface area contributed by atoms with Crippen molar-refractivity contribution in [2.75, 3.05) is 46.6 Å². The number of nitrogens with zero attached hydrogens (tertiary/aromatic N) is 2. The monoisotopic (exact) mass is 344 g/mol. The average Bonchev–Trinajstić information content (AvgIpc) is 2.95. The molecule has 0 radical (unpaired) electrons. The van der Waals surface area contributed by atoms with Crippen LogP contribution in [0.4, 0.5) is 0 Å². The van der Waals surface area contributed by atoms with Gasteiger partial charge in [0.05, 0.1) is 26.9 Å². The van der Waals surface area contributed by atoms with E-state index in [1.54, 1.807) is 7.11 Å². The first-order valence-corrected chi connectivity index (χ1v) is 9.39. The van der Waals surface area contributed by atoms with Gasteiger partial charge >= 0.3 is 0 Å². The van der Waals surface area contributed by atoms with E-state index in [1.807, 2.05) is 6.07 Å². The fraction of sp³-hybridized carbons (Fsp3) is 0.600. The zero-order valence-corrected chi connectivity index (χ0v) is 15.0. The van der Waals surface area contributed by atoms with Gasteiger partial charge in [0.1, 0.15) is 5.75 Å². The highest BCUT2D eigenvalue weighted by Gasteiger charge is 2.27. The summed E-state index contributed by atoms with van der Waals surface area (Å²) in [5.41, 5.74) is 4.11. The Balaban J connectivity index is 1.63. The second kappa shape index (κ2) is 7.36. The van der Waals surface area contributed by atoms with Crippen LogP contribution >= 0.6 is 0 Å². The van der Waals surface area contributed by atoms with Crippen molar-refractivity contribution in [1.29, 1.82) is 0 Å². The molecule has 1 aromatic heterocycles. The van der Waals surface area contributed by atoms with Crippen LogP contribution in [0.2, 0.25) is 0 Å². The Bertz CT molecular complexity index is 734. The first kappa shape index (κ1) is 16.9. The second-order valence-corrected chi connectivity index (χ2v) is 7.21. The fourth-order valence-corrected chi connectivity index (χ4v) is 4.48. The number of morpholine rings is 1. The minimum Gasteiger partial charge on any atom is -0.497 e. The number of benzene rings is 1. The molecule has 1 unspecified atom stereocenters. The number of methoxy groups -OCH3 is 1. The third-order valence-corrected chi connectivity index (χ3v) is 5.72. The molecule has 5 nitrogen and oxygen atoms in total. The number of aromatic nitrogens is 1. The lowest BCUT2D eigenvalue weighted by atomic mass is 9.86. The van der Waals surface area contributed by atoms with Crippen molar-refractivity contribution in [1.82, 2.24) is 9.47 Å². The minimum atomic E-state index is 0.177. The van der Waals surface area contributed by atoms with E-state index in [4.69, 9.17) is 9.47 Å². The third-order valence-electron chi connectivity index (χ3n) is 5.72. The molecule has 2 heterocycles. The predicted molar refractivity (Wildman–Crippen MR) is 98.3 cm³/mol. The van der Waals surface area contributed by atoms with Crippen LogP contribution in [0.25, 0.3) is 10.9 Å². The number of hydrogen-bond acceptors (Lipinski definition) is 4. The SMILES string of the molecule is COc1ccc2c(c1)c1c(n2CCO)CC(CN2CCOCC2)CC1. The van der Waals surface area contributed by atoms with Gasteiger partial charge < -0.3 is 19.1 Å². The number of hydrogen-bond donors (Lipinski definition) is 1. The van der Waals surface area contributed by atoms with Crippen LogP contribution in [0.3, 0.4) is 0 Å². The van der Waals surface area contributed by atoms with Crippen LogP contribution < -0.4 is 4.74 Å². The summed E-state index contributed by atoms with van der Waals surface area (Å²) in [6.07, 6.45) is 3.45. The van der Waals surface area contributed by atoms with Crippen LogP contribution in [0.15, 0.2) is 18.2 Å². The van der Waals surface area contributed by atoms with Gasteiger partial charge in [-0.3, -0.25) is 4.90 Å². The maximum atomic E-state index is 9.56. The topological polar surface area (TPSA) is 46.9 Å². The van der Waals surface area contributed by atoms with E-state index in [0.29, 0.717) is 12.5 Å². The highest BCUT2D eigenvalue weighted by atomic mass is 16.5. The van der Waals surface area contributed by atoms with Crippen LogP contribution in [-0.4, -0.2) is 61.1 Å². The maximum absolute atomic E-state index is 9.56. The quantitative estimate of drug-likeness (QED) is 0.902. The second-order valence-electron chi connectivity index (χ2n) is 7.21. The van der Waals surface area contributed by atoms with Crippen LogP contribution in [0.5, 0.6) is 5.75 Å². The lowest BCUT2D eigenvalue weighted by molar-refractivity contribution is 0.0295. The molecular formula is C20H28N2O3. The van der Waals surface area contributed by atoms with Crippen LogP contribution in [0, 0.1) is 5.92 Å². The van der Waals surface area contributed by atoms with E-state index in [1.165, 1.54) is 28.6 Å². The molecule has 1 aromatic carbocycles. The molecule has 1 saturated heterocycles. The zero-order valence-electron chi connectivity index (χ0n) is 15.0. The van der Waals surface area contributed by atoms with Crippen molar-refractivity contribution in [3.63, 3.8) is 0 Å². The first-order chi connectivity index (χ1) is 12.3. The molecule has 2 aromatic rings. The Morgan fingerprint density at radius 2 is 2.12 bits per heavy atom. The van der Waals surface area contributed by atoms with Gasteiger partial charge in [0.2, 0.25) is 0 Å². The summed E-state index contributed by atoms with van der Waals surface area (Å²) in [7, 11) is 1.72. The van der Waals surface area contributed by atoms with Gasteiger partial charge in [-0.05, 0) is 48.9 Å². The lowest BCUT2D eigenvalue weighted by Gasteiger charge is -2.32. The van der Waals surface area contributed by atoms with Crippen molar-refractivity contribution in [2.45, 2.75) is 25.8 Å². The fourth-order valence-electron chi connectivity index (χ4n) is 4.48. The number of ether oxygens (including phenoxy) is 2. The van der Waals surface area contributed by atoms with Crippen molar-refractivity contribution in [3.05, 3.63) is 29.5 Å². The molecule has 1 atom stereocenters. The molecule has 4 rings (SSSR count). The van der Waals surface area contributed by atoms with E-state index in [-0.39, 0.29) is 6.61 Å². The minimum absolute atomic E-state index is 0.177. The molecule has 1 fully saturated rings. The number of fused-ring (bicyclic) bond motifs is 3. The molecule has 1 aliphatic carbocycles. The normalized spacial score (nSPS) is 21.4. The molecule has 1 N–H and O–H groups in total. The Kier molecular flexibility index (Phi) is 4.97. The van der Waals surface area contributed by atoms with Crippen molar-refractivity contribution >= 4 is 10.9 Å². The molecule has 0 bridgehead atoms. The largest absolute Gasteiger partial charge is 0.497 e. The van der Waals surface area contributed by atoms with Gasteiger partial charge in [0, 0.05) is 42.8 Å². The lowest BCUT2D eigenvalue weighted by Crippen LogP contribution is -2.40. The van der Waals surface area contributed by atoms with E-state index in [2.05, 4.69) is 21.6 Å². The molecular weight excluding hydrogens is 316 g/mol.